The lowest BCUT2D eigenvalue weighted by atomic mass is 9.90. The molecular weight excluding hydrogens is 236 g/mol. The molecule has 0 bridgehead atoms. The van der Waals surface area contributed by atoms with Gasteiger partial charge in [-0.1, -0.05) is 44.9 Å². The van der Waals surface area contributed by atoms with Crippen molar-refractivity contribution in [3.05, 3.63) is 0 Å². The van der Waals surface area contributed by atoms with Crippen molar-refractivity contribution >= 4 is 23.2 Å². The molecule has 0 spiro atoms. The van der Waals surface area contributed by atoms with Crippen LogP contribution in [0.3, 0.4) is 0 Å². The van der Waals surface area contributed by atoms with E-state index in [-0.39, 0.29) is 5.91 Å². The van der Waals surface area contributed by atoms with Crippen LogP contribution in [-0.2, 0) is 4.79 Å². The van der Waals surface area contributed by atoms with Gasteiger partial charge in [0.1, 0.15) is 0 Å². The monoisotopic (exact) mass is 256 g/mol. The molecule has 1 amide bonds. The first-order valence-corrected chi connectivity index (χ1v) is 7.18. The predicted molar refractivity (Wildman–Crippen MR) is 70.3 cm³/mol. The number of nitrogens with zero attached hydrogens (tertiary/aromatic N) is 1. The number of nitrogens with one attached hydrogen (secondary N) is 1. The number of hydrogen-bond donors (Lipinski definition) is 1. The van der Waals surface area contributed by atoms with Crippen molar-refractivity contribution in [3.8, 4) is 0 Å². The maximum atomic E-state index is 11.8. The van der Waals surface area contributed by atoms with Gasteiger partial charge in [0, 0.05) is 0 Å². The minimum Gasteiger partial charge on any atom is -0.271 e. The number of hydrogen-bond acceptors (Lipinski definition) is 2. The molecule has 2 aliphatic rings. The van der Waals surface area contributed by atoms with Crippen molar-refractivity contribution < 1.29 is 4.79 Å². The summed E-state index contributed by atoms with van der Waals surface area (Å²) in [6.45, 7) is 0. The normalized spacial score (nSPS) is 31.8. The second-order valence-electron chi connectivity index (χ2n) is 5.13. The second kappa shape index (κ2) is 5.85. The molecule has 2 rings (SSSR count). The van der Waals surface area contributed by atoms with Gasteiger partial charge in [-0.05, 0) is 19.3 Å². The molecule has 17 heavy (non-hydrogen) atoms. The van der Waals surface area contributed by atoms with Crippen LogP contribution in [0.5, 0.6) is 0 Å². The summed E-state index contributed by atoms with van der Waals surface area (Å²) in [7, 11) is 0. The zero-order valence-corrected chi connectivity index (χ0v) is 11.1. The van der Waals surface area contributed by atoms with Gasteiger partial charge >= 0.3 is 0 Å². The maximum Gasteiger partial charge on any atom is 0.267 e. The molecule has 3 nitrogen and oxygen atoms in total. The highest BCUT2D eigenvalue weighted by Crippen LogP contribution is 2.31. The van der Waals surface area contributed by atoms with Gasteiger partial charge in [-0.2, -0.15) is 5.10 Å². The summed E-state index contributed by atoms with van der Waals surface area (Å²) < 4.78 is 0. The molecule has 0 aromatic rings. The number of carbonyl (C=O) groups excluding carboxylic acids is 1. The summed E-state index contributed by atoms with van der Waals surface area (Å²) in [5, 5.41) is 4.12. The van der Waals surface area contributed by atoms with E-state index in [1.807, 2.05) is 0 Å². The van der Waals surface area contributed by atoms with E-state index in [9.17, 15) is 4.79 Å². The number of fused-ring (bicyclic) bond motifs is 1. The van der Waals surface area contributed by atoms with E-state index < -0.39 is 4.87 Å². The summed E-state index contributed by atoms with van der Waals surface area (Å²) >= 11 is 6.48. The number of carbonyl (C=O) groups is 1. The molecule has 96 valence electrons. The Labute approximate surface area is 108 Å². The summed E-state index contributed by atoms with van der Waals surface area (Å²) in [6.07, 6.45) is 11.3. The minimum absolute atomic E-state index is 0.119. The first-order chi connectivity index (χ1) is 8.23. The lowest BCUT2D eigenvalue weighted by Gasteiger charge is -2.21. The van der Waals surface area contributed by atoms with Crippen LogP contribution >= 0.6 is 11.6 Å². The van der Waals surface area contributed by atoms with Gasteiger partial charge in [-0.15, -0.1) is 11.6 Å². The molecule has 0 saturated heterocycles. The number of halogens is 1. The molecule has 0 aromatic heterocycles. The highest BCUT2D eigenvalue weighted by molar-refractivity contribution is 6.48. The third-order valence-corrected chi connectivity index (χ3v) is 4.37. The molecule has 1 fully saturated rings. The Bertz CT molecular complexity index is 317. The van der Waals surface area contributed by atoms with Crippen LogP contribution in [0.4, 0.5) is 0 Å². The SMILES string of the molecule is O=C1NN=C2CCCCCCCCCC[C@]12Cl. The molecule has 1 N–H and O–H groups in total. The van der Waals surface area contributed by atoms with E-state index in [1.165, 1.54) is 38.5 Å². The summed E-state index contributed by atoms with van der Waals surface area (Å²) in [5.74, 6) is -0.119. The van der Waals surface area contributed by atoms with Crippen LogP contribution in [0.2, 0.25) is 0 Å². The van der Waals surface area contributed by atoms with Gasteiger partial charge in [0.05, 0.1) is 5.71 Å². The van der Waals surface area contributed by atoms with E-state index in [2.05, 4.69) is 10.5 Å². The number of alkyl halides is 1. The summed E-state index contributed by atoms with van der Waals surface area (Å²) in [4.78, 5) is 11.0. The van der Waals surface area contributed by atoms with E-state index in [1.54, 1.807) is 0 Å². The fraction of sp³-hybridized carbons (Fsp3) is 0.846. The first-order valence-electron chi connectivity index (χ1n) is 6.80. The minimum atomic E-state index is -0.834. The van der Waals surface area contributed by atoms with Gasteiger partial charge in [-0.3, -0.25) is 4.79 Å². The Balaban J connectivity index is 2.01. The van der Waals surface area contributed by atoms with E-state index >= 15 is 0 Å². The molecule has 1 heterocycles. The molecule has 1 saturated carbocycles. The molecular formula is C13H21ClN2O. The Morgan fingerprint density at radius 1 is 1.00 bits per heavy atom. The van der Waals surface area contributed by atoms with Crippen molar-refractivity contribution in [2.45, 2.75) is 69.1 Å². The fourth-order valence-electron chi connectivity index (χ4n) is 2.66. The van der Waals surface area contributed by atoms with Crippen molar-refractivity contribution in [2.75, 3.05) is 0 Å². The molecule has 4 heteroatoms. The quantitative estimate of drug-likeness (QED) is 0.664. The van der Waals surface area contributed by atoms with Crippen LogP contribution in [0, 0.1) is 0 Å². The topological polar surface area (TPSA) is 41.5 Å². The zero-order chi connectivity index (χ0) is 12.1. The fourth-order valence-corrected chi connectivity index (χ4v) is 2.97. The first kappa shape index (κ1) is 12.9. The van der Waals surface area contributed by atoms with Crippen LogP contribution in [0.25, 0.3) is 0 Å². The highest BCUT2D eigenvalue weighted by Gasteiger charge is 2.44. The summed E-state index contributed by atoms with van der Waals surface area (Å²) in [5.41, 5.74) is 3.41. The van der Waals surface area contributed by atoms with Gasteiger partial charge < -0.3 is 0 Å². The van der Waals surface area contributed by atoms with E-state index in [0.717, 1.165) is 31.4 Å². The van der Waals surface area contributed by atoms with Crippen molar-refractivity contribution in [3.63, 3.8) is 0 Å². The molecule has 0 radical (unpaired) electrons. The smallest absolute Gasteiger partial charge is 0.267 e. The Hall–Kier alpha value is -0.570. The highest BCUT2D eigenvalue weighted by atomic mass is 35.5. The average Bonchev–Trinajstić information content (AvgIpc) is 2.57. The van der Waals surface area contributed by atoms with Crippen molar-refractivity contribution in [1.29, 1.82) is 0 Å². The number of amides is 1. The van der Waals surface area contributed by atoms with Crippen molar-refractivity contribution in [1.82, 2.24) is 5.43 Å². The number of hydrazone groups is 1. The van der Waals surface area contributed by atoms with E-state index in [4.69, 9.17) is 11.6 Å². The van der Waals surface area contributed by atoms with Crippen LogP contribution in [0.15, 0.2) is 5.10 Å². The van der Waals surface area contributed by atoms with Gasteiger partial charge in [0.2, 0.25) is 0 Å². The Kier molecular flexibility index (Phi) is 4.43. The Morgan fingerprint density at radius 2 is 1.59 bits per heavy atom. The third-order valence-electron chi connectivity index (χ3n) is 3.79. The maximum absolute atomic E-state index is 11.8. The number of rotatable bonds is 0. The lowest BCUT2D eigenvalue weighted by molar-refractivity contribution is -0.121. The predicted octanol–water partition coefficient (Wildman–Crippen LogP) is 3.36. The largest absolute Gasteiger partial charge is 0.271 e. The standard InChI is InChI=1S/C13H21ClN2O/c14-13-10-8-6-4-2-1-3-5-7-9-11(13)15-16-12(13)17/h1-10H2,(H,16,17)/t13-/m1/s1. The zero-order valence-electron chi connectivity index (χ0n) is 10.3. The lowest BCUT2D eigenvalue weighted by Crippen LogP contribution is -2.40. The molecule has 0 aromatic carbocycles. The molecule has 1 atom stereocenters. The molecule has 0 unspecified atom stereocenters. The molecule has 1 aliphatic heterocycles. The second-order valence-corrected chi connectivity index (χ2v) is 5.77. The third kappa shape index (κ3) is 3.01. The van der Waals surface area contributed by atoms with Crippen molar-refractivity contribution in [2.24, 2.45) is 5.10 Å². The van der Waals surface area contributed by atoms with Crippen LogP contribution in [-0.4, -0.2) is 16.5 Å². The Morgan fingerprint density at radius 3 is 2.29 bits per heavy atom. The molecule has 1 aliphatic carbocycles. The average molecular weight is 257 g/mol. The van der Waals surface area contributed by atoms with Crippen LogP contribution in [0.1, 0.15) is 64.2 Å². The van der Waals surface area contributed by atoms with Crippen LogP contribution < -0.4 is 5.43 Å². The van der Waals surface area contributed by atoms with E-state index in [0.29, 0.717) is 0 Å². The van der Waals surface area contributed by atoms with Gasteiger partial charge in [0.15, 0.2) is 4.87 Å². The van der Waals surface area contributed by atoms with Gasteiger partial charge in [-0.25, -0.2) is 5.43 Å². The van der Waals surface area contributed by atoms with Gasteiger partial charge in [0.25, 0.3) is 5.91 Å². The summed E-state index contributed by atoms with van der Waals surface area (Å²) in [6, 6.07) is 0.